The van der Waals surface area contributed by atoms with E-state index in [9.17, 15) is 9.59 Å². The minimum absolute atomic E-state index is 0.0125. The average Bonchev–Trinajstić information content (AvgIpc) is 2.16. The Bertz CT molecular complexity index is 307. The summed E-state index contributed by atoms with van der Waals surface area (Å²) in [7, 11) is 0. The topological polar surface area (TPSA) is 34.1 Å². The van der Waals surface area contributed by atoms with Crippen LogP contribution in [0.4, 0.5) is 0 Å². The van der Waals surface area contributed by atoms with E-state index in [0.29, 0.717) is 12.3 Å². The van der Waals surface area contributed by atoms with Crippen molar-refractivity contribution in [2.24, 2.45) is 17.3 Å². The SMILES string of the molecule is C/C=C/C(=O)C1CC(C(C)(C)C)CCC1=O. The second-order valence-corrected chi connectivity index (χ2v) is 5.76. The Kier molecular flexibility index (Phi) is 4.06. The number of ketones is 2. The summed E-state index contributed by atoms with van der Waals surface area (Å²) in [5.74, 6) is 0.212. The van der Waals surface area contributed by atoms with E-state index in [1.165, 1.54) is 6.08 Å². The van der Waals surface area contributed by atoms with E-state index in [0.717, 1.165) is 12.8 Å². The van der Waals surface area contributed by atoms with Gasteiger partial charge in [0.25, 0.3) is 0 Å². The van der Waals surface area contributed by atoms with Crippen molar-refractivity contribution in [3.05, 3.63) is 12.2 Å². The molecule has 1 fully saturated rings. The van der Waals surface area contributed by atoms with Crippen molar-refractivity contribution in [3.8, 4) is 0 Å². The van der Waals surface area contributed by atoms with E-state index in [4.69, 9.17) is 0 Å². The first kappa shape index (κ1) is 13.1. The highest BCUT2D eigenvalue weighted by Crippen LogP contribution is 2.39. The van der Waals surface area contributed by atoms with Gasteiger partial charge in [-0.2, -0.15) is 0 Å². The summed E-state index contributed by atoms with van der Waals surface area (Å²) in [5, 5.41) is 0. The van der Waals surface area contributed by atoms with Crippen molar-refractivity contribution in [1.29, 1.82) is 0 Å². The first-order valence-corrected chi connectivity index (χ1v) is 6.05. The van der Waals surface area contributed by atoms with Crippen molar-refractivity contribution in [3.63, 3.8) is 0 Å². The summed E-state index contributed by atoms with van der Waals surface area (Å²) in [6, 6.07) is 0. The molecule has 0 spiro atoms. The Morgan fingerprint density at radius 1 is 1.38 bits per heavy atom. The standard InChI is InChI=1S/C14H22O2/c1-5-6-12(15)11-9-10(14(2,3)4)7-8-13(11)16/h5-6,10-11H,7-9H2,1-4H3/b6-5+. The minimum atomic E-state index is -0.380. The lowest BCUT2D eigenvalue weighted by molar-refractivity contribution is -0.133. The Morgan fingerprint density at radius 2 is 2.00 bits per heavy atom. The molecule has 2 nitrogen and oxygen atoms in total. The molecule has 1 saturated carbocycles. The van der Waals surface area contributed by atoms with Gasteiger partial charge in [-0.15, -0.1) is 0 Å². The molecule has 1 aliphatic rings. The largest absolute Gasteiger partial charge is 0.299 e. The molecular weight excluding hydrogens is 200 g/mol. The van der Waals surface area contributed by atoms with Gasteiger partial charge in [-0.25, -0.2) is 0 Å². The number of Topliss-reactive ketones (excluding diaryl/α,β-unsaturated/α-hetero) is 1. The maximum Gasteiger partial charge on any atom is 0.165 e. The predicted octanol–water partition coefficient (Wildman–Crippen LogP) is 3.16. The molecule has 0 radical (unpaired) electrons. The van der Waals surface area contributed by atoms with E-state index in [1.807, 2.05) is 6.92 Å². The molecule has 2 unspecified atom stereocenters. The zero-order valence-electron chi connectivity index (χ0n) is 10.7. The van der Waals surface area contributed by atoms with Gasteiger partial charge in [-0.3, -0.25) is 9.59 Å². The third kappa shape index (κ3) is 3.03. The van der Waals surface area contributed by atoms with Crippen LogP contribution >= 0.6 is 0 Å². The van der Waals surface area contributed by atoms with E-state index in [2.05, 4.69) is 20.8 Å². The molecule has 2 heteroatoms. The molecule has 2 atom stereocenters. The van der Waals surface area contributed by atoms with E-state index in [1.54, 1.807) is 6.08 Å². The van der Waals surface area contributed by atoms with Crippen molar-refractivity contribution in [1.82, 2.24) is 0 Å². The zero-order valence-corrected chi connectivity index (χ0v) is 10.7. The highest BCUT2D eigenvalue weighted by Gasteiger charge is 2.37. The third-order valence-electron chi connectivity index (χ3n) is 3.55. The van der Waals surface area contributed by atoms with Gasteiger partial charge in [0, 0.05) is 6.42 Å². The monoisotopic (exact) mass is 222 g/mol. The van der Waals surface area contributed by atoms with Gasteiger partial charge in [-0.05, 0) is 37.2 Å². The van der Waals surface area contributed by atoms with Crippen molar-refractivity contribution in [2.75, 3.05) is 0 Å². The van der Waals surface area contributed by atoms with Crippen molar-refractivity contribution in [2.45, 2.75) is 47.0 Å². The fourth-order valence-electron chi connectivity index (χ4n) is 2.37. The molecular formula is C14H22O2. The van der Waals surface area contributed by atoms with Gasteiger partial charge in [-0.1, -0.05) is 26.8 Å². The lowest BCUT2D eigenvalue weighted by atomic mass is 9.68. The summed E-state index contributed by atoms with van der Waals surface area (Å²) in [6.45, 7) is 8.37. The van der Waals surface area contributed by atoms with Gasteiger partial charge < -0.3 is 0 Å². The fraction of sp³-hybridized carbons (Fsp3) is 0.714. The van der Waals surface area contributed by atoms with Crippen molar-refractivity contribution < 1.29 is 9.59 Å². The molecule has 0 amide bonds. The number of carbonyl (C=O) groups excluding carboxylic acids is 2. The lowest BCUT2D eigenvalue weighted by Crippen LogP contribution is -2.35. The number of hydrogen-bond donors (Lipinski definition) is 0. The molecule has 1 rings (SSSR count). The van der Waals surface area contributed by atoms with Crippen LogP contribution in [0.2, 0.25) is 0 Å². The van der Waals surface area contributed by atoms with E-state index < -0.39 is 0 Å². The molecule has 0 aromatic rings. The van der Waals surface area contributed by atoms with Crippen LogP contribution in [0.1, 0.15) is 47.0 Å². The van der Waals surface area contributed by atoms with Crippen LogP contribution in [-0.4, -0.2) is 11.6 Å². The fourth-order valence-corrected chi connectivity index (χ4v) is 2.37. The first-order valence-electron chi connectivity index (χ1n) is 6.05. The molecule has 0 bridgehead atoms. The maximum absolute atomic E-state index is 11.8. The summed E-state index contributed by atoms with van der Waals surface area (Å²) in [4.78, 5) is 23.5. The van der Waals surface area contributed by atoms with Crippen LogP contribution in [0.15, 0.2) is 12.2 Å². The highest BCUT2D eigenvalue weighted by molar-refractivity contribution is 6.07. The van der Waals surface area contributed by atoms with Crippen LogP contribution in [0.3, 0.4) is 0 Å². The summed E-state index contributed by atoms with van der Waals surface area (Å²) < 4.78 is 0. The van der Waals surface area contributed by atoms with Crippen LogP contribution in [-0.2, 0) is 9.59 Å². The van der Waals surface area contributed by atoms with Gasteiger partial charge in [0.15, 0.2) is 5.78 Å². The van der Waals surface area contributed by atoms with Gasteiger partial charge in [0.2, 0.25) is 0 Å². The molecule has 90 valence electrons. The molecule has 0 aromatic carbocycles. The summed E-state index contributed by atoms with van der Waals surface area (Å²) in [6.07, 6.45) is 5.48. The second-order valence-electron chi connectivity index (χ2n) is 5.76. The van der Waals surface area contributed by atoms with Crippen LogP contribution in [0.25, 0.3) is 0 Å². The smallest absolute Gasteiger partial charge is 0.165 e. The summed E-state index contributed by atoms with van der Waals surface area (Å²) in [5.41, 5.74) is 0.190. The van der Waals surface area contributed by atoms with E-state index in [-0.39, 0.29) is 22.9 Å². The first-order chi connectivity index (χ1) is 7.36. The molecule has 16 heavy (non-hydrogen) atoms. The Hall–Kier alpha value is -0.920. The molecule has 0 heterocycles. The Labute approximate surface area is 98.1 Å². The predicted molar refractivity (Wildman–Crippen MR) is 65.1 cm³/mol. The Morgan fingerprint density at radius 3 is 2.50 bits per heavy atom. The Balaban J connectivity index is 2.77. The van der Waals surface area contributed by atoms with Gasteiger partial charge >= 0.3 is 0 Å². The number of allylic oxidation sites excluding steroid dienone is 2. The van der Waals surface area contributed by atoms with Gasteiger partial charge in [0.1, 0.15) is 5.78 Å². The molecule has 0 N–H and O–H groups in total. The van der Waals surface area contributed by atoms with Crippen LogP contribution < -0.4 is 0 Å². The number of rotatable bonds is 2. The molecule has 0 aliphatic heterocycles. The quantitative estimate of drug-likeness (QED) is 0.531. The molecule has 0 saturated heterocycles. The normalized spacial score (nSPS) is 27.4. The van der Waals surface area contributed by atoms with Crippen LogP contribution in [0, 0.1) is 17.3 Å². The second kappa shape index (κ2) is 4.94. The number of hydrogen-bond acceptors (Lipinski definition) is 2. The van der Waals surface area contributed by atoms with Crippen molar-refractivity contribution >= 4 is 11.6 Å². The minimum Gasteiger partial charge on any atom is -0.299 e. The third-order valence-corrected chi connectivity index (χ3v) is 3.55. The molecule has 1 aliphatic carbocycles. The van der Waals surface area contributed by atoms with Crippen LogP contribution in [0.5, 0.6) is 0 Å². The molecule has 0 aromatic heterocycles. The zero-order chi connectivity index (χ0) is 12.3. The lowest BCUT2D eigenvalue weighted by Gasteiger charge is -2.36. The van der Waals surface area contributed by atoms with E-state index >= 15 is 0 Å². The summed E-state index contributed by atoms with van der Waals surface area (Å²) >= 11 is 0. The number of carbonyl (C=O) groups is 2. The average molecular weight is 222 g/mol. The highest BCUT2D eigenvalue weighted by atomic mass is 16.1. The van der Waals surface area contributed by atoms with Gasteiger partial charge in [0.05, 0.1) is 5.92 Å². The maximum atomic E-state index is 11.8.